The number of aryl methyl sites for hydroxylation is 1. The summed E-state index contributed by atoms with van der Waals surface area (Å²) in [5.74, 6) is 0.572. The van der Waals surface area contributed by atoms with Crippen LogP contribution in [0.1, 0.15) is 19.0 Å². The Hall–Kier alpha value is -1.36. The molecular formula is C11H20N4O. The second kappa shape index (κ2) is 6.27. The average molecular weight is 224 g/mol. The van der Waals surface area contributed by atoms with Gasteiger partial charge in [-0.3, -0.25) is 9.78 Å². The molecule has 2 N–H and O–H groups in total. The van der Waals surface area contributed by atoms with Crippen LogP contribution in [0.2, 0.25) is 0 Å². The fraction of sp³-hybridized carbons (Fsp3) is 0.636. The van der Waals surface area contributed by atoms with Gasteiger partial charge in [0.15, 0.2) is 0 Å². The molecule has 1 rings (SSSR count). The maximum Gasteiger partial charge on any atom is 0.252 e. The summed E-state index contributed by atoms with van der Waals surface area (Å²) < 4.78 is 0. The lowest BCUT2D eigenvalue weighted by molar-refractivity contribution is 0.405. The molecule has 0 aromatic carbocycles. The number of hydrogen-bond acceptors (Lipinski definition) is 4. The van der Waals surface area contributed by atoms with Crippen LogP contribution in [0.4, 0.5) is 5.95 Å². The second-order valence-corrected chi connectivity index (χ2v) is 4.02. The van der Waals surface area contributed by atoms with E-state index in [0.717, 1.165) is 31.6 Å². The van der Waals surface area contributed by atoms with Crippen LogP contribution in [0.5, 0.6) is 0 Å². The smallest absolute Gasteiger partial charge is 0.252 e. The lowest BCUT2D eigenvalue weighted by Gasteiger charge is -2.10. The highest BCUT2D eigenvalue weighted by molar-refractivity contribution is 5.24. The molecule has 0 saturated heterocycles. The van der Waals surface area contributed by atoms with Crippen LogP contribution in [0, 0.1) is 0 Å². The fourth-order valence-corrected chi connectivity index (χ4v) is 1.37. The van der Waals surface area contributed by atoms with E-state index in [1.54, 1.807) is 0 Å². The molecule has 0 fully saturated rings. The van der Waals surface area contributed by atoms with Gasteiger partial charge in [0.2, 0.25) is 5.95 Å². The van der Waals surface area contributed by atoms with Crippen LogP contribution in [0.15, 0.2) is 10.9 Å². The molecular weight excluding hydrogens is 204 g/mol. The van der Waals surface area contributed by atoms with E-state index in [0.29, 0.717) is 5.95 Å². The monoisotopic (exact) mass is 224 g/mol. The maximum absolute atomic E-state index is 11.3. The van der Waals surface area contributed by atoms with Crippen molar-refractivity contribution in [3.8, 4) is 0 Å². The Bertz CT molecular complexity index is 372. The highest BCUT2D eigenvalue weighted by atomic mass is 16.1. The summed E-state index contributed by atoms with van der Waals surface area (Å²) in [6, 6.07) is 1.53. The van der Waals surface area contributed by atoms with Gasteiger partial charge in [-0.2, -0.15) is 0 Å². The zero-order chi connectivity index (χ0) is 12.0. The molecule has 16 heavy (non-hydrogen) atoms. The van der Waals surface area contributed by atoms with E-state index in [1.165, 1.54) is 6.07 Å². The predicted octanol–water partition coefficient (Wildman–Crippen LogP) is 0.696. The van der Waals surface area contributed by atoms with E-state index >= 15 is 0 Å². The lowest BCUT2D eigenvalue weighted by Crippen LogP contribution is -2.18. The van der Waals surface area contributed by atoms with Crippen LogP contribution < -0.4 is 10.9 Å². The number of nitrogens with one attached hydrogen (secondary N) is 2. The van der Waals surface area contributed by atoms with Crippen LogP contribution in [-0.4, -0.2) is 42.1 Å². The van der Waals surface area contributed by atoms with Crippen molar-refractivity contribution in [1.29, 1.82) is 0 Å². The Kier molecular flexibility index (Phi) is 4.98. The van der Waals surface area contributed by atoms with Gasteiger partial charge in [0.25, 0.3) is 5.56 Å². The topological polar surface area (TPSA) is 61.0 Å². The summed E-state index contributed by atoms with van der Waals surface area (Å²) >= 11 is 0. The number of nitrogens with zero attached hydrogens (tertiary/aromatic N) is 2. The second-order valence-electron chi connectivity index (χ2n) is 4.02. The van der Waals surface area contributed by atoms with Crippen molar-refractivity contribution in [2.75, 3.05) is 32.5 Å². The van der Waals surface area contributed by atoms with Gasteiger partial charge in [-0.15, -0.1) is 0 Å². The van der Waals surface area contributed by atoms with Crippen molar-refractivity contribution in [3.05, 3.63) is 22.1 Å². The third-order valence-electron chi connectivity index (χ3n) is 2.23. The molecule has 0 aliphatic carbocycles. The van der Waals surface area contributed by atoms with Crippen LogP contribution in [-0.2, 0) is 6.42 Å². The number of rotatable bonds is 6. The zero-order valence-corrected chi connectivity index (χ0v) is 10.2. The predicted molar refractivity (Wildman–Crippen MR) is 65.9 cm³/mol. The summed E-state index contributed by atoms with van der Waals surface area (Å²) in [6.45, 7) is 3.82. The maximum atomic E-state index is 11.3. The molecule has 0 aliphatic rings. The minimum absolute atomic E-state index is 0.0954. The Morgan fingerprint density at radius 1 is 1.50 bits per heavy atom. The molecule has 0 radical (unpaired) electrons. The lowest BCUT2D eigenvalue weighted by atomic mass is 10.3. The van der Waals surface area contributed by atoms with Crippen LogP contribution >= 0.6 is 0 Å². The quantitative estimate of drug-likeness (QED) is 0.698. The van der Waals surface area contributed by atoms with Crippen LogP contribution in [0.3, 0.4) is 0 Å². The first-order valence-electron chi connectivity index (χ1n) is 5.60. The summed E-state index contributed by atoms with van der Waals surface area (Å²) in [4.78, 5) is 20.4. The summed E-state index contributed by atoms with van der Waals surface area (Å²) in [6.07, 6.45) is 1.80. The molecule has 0 aliphatic heterocycles. The molecule has 5 nitrogen and oxygen atoms in total. The van der Waals surface area contributed by atoms with Gasteiger partial charge in [-0.05, 0) is 33.5 Å². The standard InChI is InChI=1S/C11H20N4O/c1-4-9-8-10(16)14-11(13-9)12-6-5-7-15(2)3/h8H,4-7H2,1-3H3,(H2,12,13,14,16). The van der Waals surface area contributed by atoms with E-state index in [9.17, 15) is 4.79 Å². The van der Waals surface area contributed by atoms with Crippen molar-refractivity contribution in [3.63, 3.8) is 0 Å². The molecule has 1 aromatic heterocycles. The molecule has 0 saturated carbocycles. The number of anilines is 1. The highest BCUT2D eigenvalue weighted by Gasteiger charge is 1.99. The largest absolute Gasteiger partial charge is 0.356 e. The minimum Gasteiger partial charge on any atom is -0.356 e. The first kappa shape index (κ1) is 12.7. The number of hydrogen-bond donors (Lipinski definition) is 2. The Balaban J connectivity index is 2.47. The van der Waals surface area contributed by atoms with E-state index in [1.807, 2.05) is 21.0 Å². The Labute approximate surface area is 95.9 Å². The molecule has 0 atom stereocenters. The zero-order valence-electron chi connectivity index (χ0n) is 10.2. The van der Waals surface area contributed by atoms with E-state index in [-0.39, 0.29) is 5.56 Å². The minimum atomic E-state index is -0.0954. The molecule has 0 bridgehead atoms. The Morgan fingerprint density at radius 2 is 2.25 bits per heavy atom. The van der Waals surface area contributed by atoms with Gasteiger partial charge < -0.3 is 10.2 Å². The number of aromatic nitrogens is 2. The summed E-state index contributed by atoms with van der Waals surface area (Å²) in [5.41, 5.74) is 0.723. The van der Waals surface area contributed by atoms with Gasteiger partial charge in [0, 0.05) is 18.3 Å². The van der Waals surface area contributed by atoms with Crippen molar-refractivity contribution >= 4 is 5.95 Å². The molecule has 1 heterocycles. The molecule has 0 amide bonds. The van der Waals surface area contributed by atoms with E-state index in [2.05, 4.69) is 20.2 Å². The third-order valence-corrected chi connectivity index (χ3v) is 2.23. The number of H-pyrrole nitrogens is 1. The third kappa shape index (κ3) is 4.44. The molecule has 5 heteroatoms. The van der Waals surface area contributed by atoms with E-state index in [4.69, 9.17) is 0 Å². The van der Waals surface area contributed by atoms with Crippen molar-refractivity contribution < 1.29 is 0 Å². The molecule has 0 unspecified atom stereocenters. The van der Waals surface area contributed by atoms with Gasteiger partial charge >= 0.3 is 0 Å². The summed E-state index contributed by atoms with van der Waals surface area (Å²) in [5, 5.41) is 3.12. The number of aromatic amines is 1. The van der Waals surface area contributed by atoms with Gasteiger partial charge in [-0.1, -0.05) is 6.92 Å². The van der Waals surface area contributed by atoms with Crippen molar-refractivity contribution in [1.82, 2.24) is 14.9 Å². The SMILES string of the molecule is CCc1cc(=O)[nH]c(NCCCN(C)C)n1. The van der Waals surface area contributed by atoms with E-state index < -0.39 is 0 Å². The first-order chi connectivity index (χ1) is 7.61. The highest BCUT2D eigenvalue weighted by Crippen LogP contribution is 1.98. The van der Waals surface area contributed by atoms with Crippen molar-refractivity contribution in [2.24, 2.45) is 0 Å². The van der Waals surface area contributed by atoms with Crippen molar-refractivity contribution in [2.45, 2.75) is 19.8 Å². The summed E-state index contributed by atoms with van der Waals surface area (Å²) in [7, 11) is 4.08. The Morgan fingerprint density at radius 3 is 2.88 bits per heavy atom. The van der Waals surface area contributed by atoms with Gasteiger partial charge in [0.05, 0.1) is 0 Å². The van der Waals surface area contributed by atoms with Crippen LogP contribution in [0.25, 0.3) is 0 Å². The van der Waals surface area contributed by atoms with Gasteiger partial charge in [-0.25, -0.2) is 4.98 Å². The average Bonchev–Trinajstić information content (AvgIpc) is 2.23. The molecule has 0 spiro atoms. The fourth-order valence-electron chi connectivity index (χ4n) is 1.37. The van der Waals surface area contributed by atoms with Gasteiger partial charge in [0.1, 0.15) is 0 Å². The molecule has 90 valence electrons. The molecule has 1 aromatic rings. The normalized spacial score (nSPS) is 10.8. The first-order valence-corrected chi connectivity index (χ1v) is 5.60.